The average Bonchev–Trinajstić information content (AvgIpc) is 2.45. The zero-order chi connectivity index (χ0) is 15.5. The van der Waals surface area contributed by atoms with E-state index in [2.05, 4.69) is 31.2 Å². The maximum absolute atomic E-state index is 12.9. The van der Waals surface area contributed by atoms with Gasteiger partial charge >= 0.3 is 6.18 Å². The first kappa shape index (κ1) is 15.6. The predicted octanol–water partition coefficient (Wildman–Crippen LogP) is 3.88. The Bertz CT molecular complexity index is 617. The Labute approximate surface area is 127 Å². The van der Waals surface area contributed by atoms with E-state index in [9.17, 15) is 13.2 Å². The van der Waals surface area contributed by atoms with Gasteiger partial charge in [-0.05, 0) is 27.6 Å². The van der Waals surface area contributed by atoms with Gasteiger partial charge in [-0.1, -0.05) is 6.07 Å². The second-order valence-electron chi connectivity index (χ2n) is 4.11. The van der Waals surface area contributed by atoms with Gasteiger partial charge < -0.3 is 10.1 Å². The Morgan fingerprint density at radius 1 is 1.24 bits per heavy atom. The van der Waals surface area contributed by atoms with Crippen molar-refractivity contribution in [1.82, 2.24) is 9.97 Å². The first-order valence-electron chi connectivity index (χ1n) is 5.85. The van der Waals surface area contributed by atoms with Gasteiger partial charge in [-0.3, -0.25) is 0 Å². The fourth-order valence-corrected chi connectivity index (χ4v) is 1.95. The molecule has 0 spiro atoms. The minimum Gasteiger partial charge on any atom is -0.481 e. The number of hydrogen-bond acceptors (Lipinski definition) is 4. The largest absolute Gasteiger partial charge is 0.481 e. The summed E-state index contributed by atoms with van der Waals surface area (Å²) < 4.78 is 44.0. The Balaban J connectivity index is 2.15. The Hall–Kier alpha value is -1.83. The van der Waals surface area contributed by atoms with Crippen molar-refractivity contribution >= 4 is 21.7 Å². The molecule has 112 valence electrons. The number of nitrogens with one attached hydrogen (secondary N) is 1. The van der Waals surface area contributed by atoms with Crippen LogP contribution in [0.1, 0.15) is 11.1 Å². The van der Waals surface area contributed by atoms with Gasteiger partial charge in [0.15, 0.2) is 0 Å². The van der Waals surface area contributed by atoms with E-state index in [1.165, 1.54) is 19.5 Å². The minimum absolute atomic E-state index is 0.175. The van der Waals surface area contributed by atoms with E-state index in [0.717, 1.165) is 6.07 Å². The highest BCUT2D eigenvalue weighted by Crippen LogP contribution is 2.35. The van der Waals surface area contributed by atoms with E-state index >= 15 is 0 Å². The molecule has 0 saturated carbocycles. The average molecular weight is 362 g/mol. The molecule has 0 aliphatic carbocycles. The van der Waals surface area contributed by atoms with Crippen molar-refractivity contribution in [3.05, 3.63) is 46.2 Å². The normalized spacial score (nSPS) is 11.3. The van der Waals surface area contributed by atoms with Gasteiger partial charge in [-0.2, -0.15) is 13.2 Å². The van der Waals surface area contributed by atoms with Crippen molar-refractivity contribution in [2.75, 3.05) is 12.4 Å². The van der Waals surface area contributed by atoms with Crippen molar-refractivity contribution in [2.45, 2.75) is 12.7 Å². The van der Waals surface area contributed by atoms with Gasteiger partial charge in [0.25, 0.3) is 0 Å². The molecule has 4 nitrogen and oxygen atoms in total. The summed E-state index contributed by atoms with van der Waals surface area (Å²) in [6, 6.07) is 4.34. The first-order chi connectivity index (χ1) is 9.90. The van der Waals surface area contributed by atoms with Crippen molar-refractivity contribution in [2.24, 2.45) is 0 Å². The molecule has 2 heterocycles. The third-order valence-electron chi connectivity index (χ3n) is 2.63. The van der Waals surface area contributed by atoms with Crippen LogP contribution in [0.25, 0.3) is 0 Å². The molecule has 2 aromatic rings. The van der Waals surface area contributed by atoms with Gasteiger partial charge in [0.1, 0.15) is 5.82 Å². The van der Waals surface area contributed by atoms with Gasteiger partial charge in [-0.15, -0.1) is 0 Å². The molecular weight excluding hydrogens is 351 g/mol. The highest BCUT2D eigenvalue weighted by Gasteiger charge is 2.34. The lowest BCUT2D eigenvalue weighted by molar-refractivity contribution is -0.137. The number of aromatic nitrogens is 2. The third kappa shape index (κ3) is 4.07. The van der Waals surface area contributed by atoms with E-state index in [4.69, 9.17) is 4.74 Å². The van der Waals surface area contributed by atoms with Crippen LogP contribution in [0, 0.1) is 0 Å². The van der Waals surface area contributed by atoms with Crippen molar-refractivity contribution in [3.63, 3.8) is 0 Å². The molecule has 2 aromatic heterocycles. The van der Waals surface area contributed by atoms with Crippen molar-refractivity contribution in [3.8, 4) is 5.88 Å². The predicted molar refractivity (Wildman–Crippen MR) is 75.1 cm³/mol. The van der Waals surface area contributed by atoms with E-state index in [0.29, 0.717) is 11.4 Å². The van der Waals surface area contributed by atoms with Crippen LogP contribution >= 0.6 is 15.9 Å². The fourth-order valence-electron chi connectivity index (χ4n) is 1.62. The molecule has 0 bridgehead atoms. The number of methoxy groups -OCH3 is 1. The molecule has 0 radical (unpaired) electrons. The number of ether oxygens (including phenoxy) is 1. The molecule has 1 N–H and O–H groups in total. The van der Waals surface area contributed by atoms with Crippen LogP contribution in [0.15, 0.2) is 35.1 Å². The molecule has 0 fully saturated rings. The monoisotopic (exact) mass is 361 g/mol. The van der Waals surface area contributed by atoms with Crippen LogP contribution < -0.4 is 10.1 Å². The molecule has 0 aromatic carbocycles. The fraction of sp³-hybridized carbons (Fsp3) is 0.231. The number of halogens is 4. The van der Waals surface area contributed by atoms with E-state index in [-0.39, 0.29) is 16.8 Å². The maximum Gasteiger partial charge on any atom is 0.419 e. The summed E-state index contributed by atoms with van der Waals surface area (Å²) in [6.45, 7) is 0.175. The molecule has 0 amide bonds. The smallest absolute Gasteiger partial charge is 0.419 e. The van der Waals surface area contributed by atoms with Gasteiger partial charge in [0.05, 0.1) is 12.7 Å². The number of hydrogen-bond donors (Lipinski definition) is 1. The van der Waals surface area contributed by atoms with Gasteiger partial charge in [0, 0.05) is 29.5 Å². The molecule has 2 rings (SSSR count). The highest BCUT2D eigenvalue weighted by molar-refractivity contribution is 9.10. The van der Waals surface area contributed by atoms with Crippen LogP contribution in [0.3, 0.4) is 0 Å². The van der Waals surface area contributed by atoms with Gasteiger partial charge in [-0.25, -0.2) is 9.97 Å². The number of pyridine rings is 2. The molecule has 0 atom stereocenters. The molecule has 8 heteroatoms. The quantitative estimate of drug-likeness (QED) is 0.897. The molecular formula is C13H11BrF3N3O. The second-order valence-corrected chi connectivity index (χ2v) is 5.03. The Morgan fingerprint density at radius 2 is 2.00 bits per heavy atom. The summed E-state index contributed by atoms with van der Waals surface area (Å²) in [6.07, 6.45) is -1.64. The summed E-state index contributed by atoms with van der Waals surface area (Å²) >= 11 is 2.99. The third-order valence-corrected chi connectivity index (χ3v) is 3.06. The summed E-state index contributed by atoms with van der Waals surface area (Å²) in [5, 5.41) is 2.67. The van der Waals surface area contributed by atoms with E-state index < -0.39 is 11.7 Å². The van der Waals surface area contributed by atoms with Crippen LogP contribution in [0.4, 0.5) is 19.0 Å². The minimum atomic E-state index is -4.47. The lowest BCUT2D eigenvalue weighted by Crippen LogP contribution is -2.12. The Morgan fingerprint density at radius 3 is 2.57 bits per heavy atom. The number of rotatable bonds is 4. The lowest BCUT2D eigenvalue weighted by atomic mass is 10.2. The number of nitrogens with zero attached hydrogens (tertiary/aromatic N) is 2. The zero-order valence-corrected chi connectivity index (χ0v) is 12.5. The number of alkyl halides is 3. The second kappa shape index (κ2) is 6.30. The molecule has 21 heavy (non-hydrogen) atoms. The highest BCUT2D eigenvalue weighted by atomic mass is 79.9. The van der Waals surface area contributed by atoms with Gasteiger partial charge in [0.2, 0.25) is 5.88 Å². The lowest BCUT2D eigenvalue weighted by Gasteiger charge is -2.13. The van der Waals surface area contributed by atoms with Crippen LogP contribution in [-0.4, -0.2) is 17.1 Å². The number of anilines is 1. The van der Waals surface area contributed by atoms with Crippen molar-refractivity contribution < 1.29 is 17.9 Å². The maximum atomic E-state index is 12.9. The topological polar surface area (TPSA) is 47.0 Å². The van der Waals surface area contributed by atoms with Crippen LogP contribution in [-0.2, 0) is 12.7 Å². The summed E-state index contributed by atoms with van der Waals surface area (Å²) in [4.78, 5) is 7.75. The first-order valence-corrected chi connectivity index (χ1v) is 6.65. The standard InChI is InChI=1S/C13H11BrF3N3O/c1-21-11-3-2-8(5-18-11)6-19-12-10(13(15,16)17)4-9(14)7-20-12/h2-5,7H,6H2,1H3,(H,19,20). The summed E-state index contributed by atoms with van der Waals surface area (Å²) in [5.74, 6) is 0.220. The summed E-state index contributed by atoms with van der Waals surface area (Å²) in [7, 11) is 1.49. The van der Waals surface area contributed by atoms with Crippen LogP contribution in [0.2, 0.25) is 0 Å². The zero-order valence-electron chi connectivity index (χ0n) is 10.9. The molecule has 0 aliphatic rings. The molecule has 0 saturated heterocycles. The van der Waals surface area contributed by atoms with E-state index in [1.54, 1.807) is 12.1 Å². The Kier molecular flexibility index (Phi) is 4.66. The van der Waals surface area contributed by atoms with Crippen molar-refractivity contribution in [1.29, 1.82) is 0 Å². The summed E-state index contributed by atoms with van der Waals surface area (Å²) in [5.41, 5.74) is -0.105. The van der Waals surface area contributed by atoms with E-state index in [1.807, 2.05) is 0 Å². The molecule has 0 unspecified atom stereocenters. The van der Waals surface area contributed by atoms with Crippen LogP contribution in [0.5, 0.6) is 5.88 Å². The molecule has 0 aliphatic heterocycles. The SMILES string of the molecule is COc1ccc(CNc2ncc(Br)cc2C(F)(F)F)cn1.